The zero-order valence-corrected chi connectivity index (χ0v) is 43.9. The molecule has 2 aromatic carbocycles. The molecule has 6 aromatic rings. The number of phenolic OH excluding ortho intramolecular Hbond substituents is 1. The van der Waals surface area contributed by atoms with Crippen molar-refractivity contribution in [1.29, 1.82) is 0 Å². The number of nitrogens with zero attached hydrogens (tertiary/aromatic N) is 11. The number of nitrogens with two attached hydrogens (primary N) is 2. The van der Waals surface area contributed by atoms with Crippen LogP contribution in [0.25, 0.3) is 27.2 Å². The number of carbonyl (C=O) groups excluding carboxylic acids is 2. The van der Waals surface area contributed by atoms with Gasteiger partial charge in [-0.3, -0.25) is 14.3 Å². The first-order chi connectivity index (χ1) is 35.8. The van der Waals surface area contributed by atoms with Gasteiger partial charge in [-0.05, 0) is 126 Å². The maximum Gasteiger partial charge on any atom is 0.243 e. The highest BCUT2D eigenvalue weighted by Crippen LogP contribution is 2.37. The van der Waals surface area contributed by atoms with E-state index >= 15 is 0 Å². The third-order valence-electron chi connectivity index (χ3n) is 15.9. The minimum absolute atomic E-state index is 0.0515. The first kappa shape index (κ1) is 50.8. The molecule has 19 heteroatoms. The second kappa shape index (κ2) is 22.0. The maximum atomic E-state index is 14.3. The van der Waals surface area contributed by atoms with Crippen LogP contribution in [-0.4, -0.2) is 120 Å². The number of hydrogen-bond acceptors (Lipinski definition) is 16. The number of aromatic nitrogens is 7. The van der Waals surface area contributed by atoms with E-state index in [0.29, 0.717) is 58.9 Å². The molecule has 10 rings (SSSR count). The summed E-state index contributed by atoms with van der Waals surface area (Å²) in [6.07, 6.45) is 9.24. The van der Waals surface area contributed by atoms with E-state index in [0.717, 1.165) is 130 Å². The van der Waals surface area contributed by atoms with Crippen LogP contribution >= 0.6 is 12.6 Å². The Balaban J connectivity index is 0.681. The molecule has 8 heterocycles. The van der Waals surface area contributed by atoms with Crippen molar-refractivity contribution >= 4 is 58.0 Å². The number of phenols is 1. The molecular weight excluding hydrogens is 953 g/mol. The average Bonchev–Trinajstić information content (AvgIpc) is 4.19. The lowest BCUT2D eigenvalue weighted by atomic mass is 9.90. The second-order valence-electron chi connectivity index (χ2n) is 21.2. The normalized spacial score (nSPS) is 19.8. The molecule has 0 radical (unpaired) electrons. The van der Waals surface area contributed by atoms with Crippen molar-refractivity contribution in [2.45, 2.75) is 109 Å². The van der Waals surface area contributed by atoms with E-state index in [1.165, 1.54) is 0 Å². The third-order valence-corrected chi connectivity index (χ3v) is 16.5. The zero-order chi connectivity index (χ0) is 51.6. The standard InChI is InChI=1S/C55H70N14O4S/c1-33(2)49(54(72)68-23-7-9-44(68)53(71)59-35(4)37-11-13-39(14-12-37)51(74)34(3)56)47-31-48(64-73-47)66-26-16-36(17-27-66)32-65-24-18-38(19-25-65)42-15-22-58-55(60-42)67-28-20-40(21-29-67)69-45-30-43(41-8-5-6-10-46(41)70)61-62-50(45)52(57)63-69/h5-6,8,10-15,22,30-31,33,35-36,38,40,44,49,70,74H,7,9,16-21,23-29,32,56H2,1-4H3,(H2,57,63)(H,59,71)/b51-34-/t35-,44-,49?/m0/s1. The number of likely N-dealkylation sites (tertiary alicyclic amines) is 2. The summed E-state index contributed by atoms with van der Waals surface area (Å²) in [5.74, 6) is 2.76. The van der Waals surface area contributed by atoms with Crippen molar-refractivity contribution in [3.63, 3.8) is 0 Å². The van der Waals surface area contributed by atoms with Gasteiger partial charge in [-0.1, -0.05) is 55.4 Å². The molecule has 4 aliphatic heterocycles. The molecule has 4 fully saturated rings. The highest BCUT2D eigenvalue weighted by Gasteiger charge is 2.41. The lowest BCUT2D eigenvalue weighted by molar-refractivity contribution is -0.141. The molecule has 74 heavy (non-hydrogen) atoms. The first-order valence-electron chi connectivity index (χ1n) is 26.5. The molecule has 0 bridgehead atoms. The number of piperidine rings is 3. The van der Waals surface area contributed by atoms with Crippen LogP contribution in [0, 0.1) is 11.8 Å². The van der Waals surface area contributed by atoms with E-state index in [1.54, 1.807) is 17.0 Å². The largest absolute Gasteiger partial charge is 0.507 e. The lowest BCUT2D eigenvalue weighted by Gasteiger charge is -2.37. The van der Waals surface area contributed by atoms with Gasteiger partial charge in [0.1, 0.15) is 17.7 Å². The minimum Gasteiger partial charge on any atom is -0.507 e. The maximum absolute atomic E-state index is 14.3. The summed E-state index contributed by atoms with van der Waals surface area (Å²) >= 11 is 4.52. The van der Waals surface area contributed by atoms with Crippen LogP contribution in [0.15, 0.2) is 83.1 Å². The number of nitrogen functional groups attached to an aromatic ring is 1. The van der Waals surface area contributed by atoms with Gasteiger partial charge in [0.05, 0.1) is 23.3 Å². The van der Waals surface area contributed by atoms with Crippen LogP contribution < -0.4 is 26.6 Å². The van der Waals surface area contributed by atoms with Gasteiger partial charge >= 0.3 is 0 Å². The Kier molecular flexibility index (Phi) is 15.1. The SMILES string of the molecule is C/C(N)=C(/S)c1ccc([C@H](C)NC(=O)[C@@H]2CCCN2C(=O)C(c2cc(N3CCC(CN4CCC(c5ccnc(N6CCC(n7nc(N)c8nnc(-c9ccccc9O)cc87)CC6)n5)CC4)CC3)no2)C(C)C)cc1. The summed E-state index contributed by atoms with van der Waals surface area (Å²) in [6.45, 7) is 14.9. The van der Waals surface area contributed by atoms with Crippen LogP contribution in [0.4, 0.5) is 17.6 Å². The smallest absolute Gasteiger partial charge is 0.243 e. The number of fused-ring (bicyclic) bond motifs is 1. The van der Waals surface area contributed by atoms with Gasteiger partial charge in [-0.2, -0.15) is 5.10 Å². The predicted molar refractivity (Wildman–Crippen MR) is 290 cm³/mol. The van der Waals surface area contributed by atoms with Gasteiger partial charge in [-0.25, -0.2) is 9.97 Å². The van der Waals surface area contributed by atoms with Crippen molar-refractivity contribution in [2.24, 2.45) is 17.6 Å². The van der Waals surface area contributed by atoms with E-state index in [4.69, 9.17) is 31.1 Å². The number of rotatable bonds is 14. The van der Waals surface area contributed by atoms with Crippen molar-refractivity contribution in [3.8, 4) is 17.0 Å². The van der Waals surface area contributed by atoms with Gasteiger partial charge in [0.2, 0.25) is 17.8 Å². The molecule has 0 saturated carbocycles. The Morgan fingerprint density at radius 2 is 1.61 bits per heavy atom. The van der Waals surface area contributed by atoms with E-state index in [1.807, 2.05) is 87.1 Å². The molecule has 6 N–H and O–H groups in total. The van der Waals surface area contributed by atoms with Crippen molar-refractivity contribution in [1.82, 2.24) is 50.2 Å². The molecule has 2 amide bonds. The number of hydrogen-bond donors (Lipinski definition) is 5. The van der Waals surface area contributed by atoms with E-state index in [9.17, 15) is 14.7 Å². The van der Waals surface area contributed by atoms with Crippen LogP contribution in [0.2, 0.25) is 0 Å². The Bertz CT molecular complexity index is 2970. The number of nitrogens with one attached hydrogen (secondary N) is 1. The molecule has 0 spiro atoms. The molecule has 4 aliphatic rings. The first-order valence-corrected chi connectivity index (χ1v) is 26.9. The van der Waals surface area contributed by atoms with Crippen LogP contribution in [-0.2, 0) is 9.59 Å². The van der Waals surface area contributed by atoms with E-state index < -0.39 is 12.0 Å². The molecule has 390 valence electrons. The number of carbonyl (C=O) groups is 2. The van der Waals surface area contributed by atoms with Gasteiger partial charge in [-0.15, -0.1) is 22.8 Å². The molecular formula is C55H70N14O4S. The van der Waals surface area contributed by atoms with Crippen molar-refractivity contribution in [2.75, 3.05) is 67.9 Å². The topological polar surface area (TPSA) is 227 Å². The summed E-state index contributed by atoms with van der Waals surface area (Å²) < 4.78 is 7.96. The number of allylic oxidation sites excluding steroid dienone is 1. The number of thiol groups is 1. The zero-order valence-electron chi connectivity index (χ0n) is 43.0. The van der Waals surface area contributed by atoms with E-state index in [2.05, 4.69) is 54.1 Å². The Labute approximate surface area is 438 Å². The summed E-state index contributed by atoms with van der Waals surface area (Å²) in [5, 5.41) is 31.6. The number of para-hydroxylation sites is 1. The Morgan fingerprint density at radius 3 is 2.32 bits per heavy atom. The molecule has 18 nitrogen and oxygen atoms in total. The molecule has 0 aliphatic carbocycles. The number of anilines is 3. The summed E-state index contributed by atoms with van der Waals surface area (Å²) in [7, 11) is 0. The minimum atomic E-state index is -0.547. The van der Waals surface area contributed by atoms with Crippen molar-refractivity contribution < 1.29 is 19.2 Å². The van der Waals surface area contributed by atoms with Crippen LogP contribution in [0.5, 0.6) is 5.75 Å². The molecule has 1 unspecified atom stereocenters. The Morgan fingerprint density at radius 1 is 0.878 bits per heavy atom. The highest BCUT2D eigenvalue weighted by atomic mass is 32.1. The fourth-order valence-electron chi connectivity index (χ4n) is 11.6. The third kappa shape index (κ3) is 10.8. The summed E-state index contributed by atoms with van der Waals surface area (Å²) in [5.41, 5.74) is 18.5. The summed E-state index contributed by atoms with van der Waals surface area (Å²) in [6, 6.07) is 20.3. The van der Waals surface area contributed by atoms with Gasteiger partial charge in [0.15, 0.2) is 22.9 Å². The van der Waals surface area contributed by atoms with Crippen LogP contribution in [0.3, 0.4) is 0 Å². The van der Waals surface area contributed by atoms with Gasteiger partial charge in [0.25, 0.3) is 0 Å². The molecule has 4 saturated heterocycles. The number of aromatic hydroxyl groups is 1. The quantitative estimate of drug-likeness (QED) is 0.0660. The number of benzene rings is 2. The van der Waals surface area contributed by atoms with Crippen molar-refractivity contribution in [3.05, 3.63) is 101 Å². The molecule has 4 aromatic heterocycles. The number of amides is 2. The van der Waals surface area contributed by atoms with Gasteiger partial charge < -0.3 is 46.0 Å². The average molecular weight is 1020 g/mol. The highest BCUT2D eigenvalue weighted by molar-refractivity contribution is 7.90. The van der Waals surface area contributed by atoms with Crippen LogP contribution in [0.1, 0.15) is 126 Å². The fraction of sp³-hybridized carbons (Fsp3) is 0.491. The van der Waals surface area contributed by atoms with Gasteiger partial charge in [0, 0.05) is 79.3 Å². The fourth-order valence-corrected chi connectivity index (χ4v) is 11.7. The Hall–Kier alpha value is -6.73. The van der Waals surface area contributed by atoms with E-state index in [-0.39, 0.29) is 35.6 Å². The lowest BCUT2D eigenvalue weighted by Crippen LogP contribution is -2.48. The monoisotopic (exact) mass is 1020 g/mol. The molecule has 3 atom stereocenters. The summed E-state index contributed by atoms with van der Waals surface area (Å²) in [4.78, 5) is 47.6. The predicted octanol–water partition coefficient (Wildman–Crippen LogP) is 7.68. The second-order valence-corrected chi connectivity index (χ2v) is 21.6.